The zero-order chi connectivity index (χ0) is 22.1. The first kappa shape index (κ1) is 20.9. The molecule has 1 unspecified atom stereocenters. The van der Waals surface area contributed by atoms with Gasteiger partial charge in [0.15, 0.2) is 0 Å². The summed E-state index contributed by atoms with van der Waals surface area (Å²) in [5.41, 5.74) is 8.24. The van der Waals surface area contributed by atoms with E-state index in [9.17, 15) is 14.9 Å². The Morgan fingerprint density at radius 3 is 2.65 bits per heavy atom. The molecule has 2 aromatic carbocycles. The number of thioether (sulfide) groups is 1. The van der Waals surface area contributed by atoms with E-state index in [1.807, 2.05) is 12.1 Å². The van der Waals surface area contributed by atoms with Crippen molar-refractivity contribution in [1.29, 1.82) is 0 Å². The number of allylic oxidation sites excluding steroid dienone is 1. The monoisotopic (exact) mass is 456 g/mol. The minimum atomic E-state index is -0.608. The van der Waals surface area contributed by atoms with Crippen LogP contribution < -0.4 is 11.1 Å². The number of aromatic nitrogens is 3. The lowest BCUT2D eigenvalue weighted by Gasteiger charge is -2.28. The van der Waals surface area contributed by atoms with Crippen molar-refractivity contribution in [3.8, 4) is 0 Å². The molecule has 158 valence electrons. The van der Waals surface area contributed by atoms with Gasteiger partial charge >= 0.3 is 0 Å². The Morgan fingerprint density at radius 1 is 1.29 bits per heavy atom. The SMILES string of the molecule is CC1=C(C(N)=O)C(c2ccccc2Cl)n2nc(SCc3ccc([N+](=O)[O-])cc3)nc2N1. The summed E-state index contributed by atoms with van der Waals surface area (Å²) >= 11 is 7.79. The molecule has 1 aromatic heterocycles. The minimum absolute atomic E-state index is 0.0386. The number of anilines is 1. The fraction of sp³-hybridized carbons (Fsp3) is 0.150. The Bertz CT molecular complexity index is 1210. The number of halogens is 1. The average Bonchev–Trinajstić information content (AvgIpc) is 3.14. The summed E-state index contributed by atoms with van der Waals surface area (Å²) in [6.07, 6.45) is 0. The van der Waals surface area contributed by atoms with E-state index in [-0.39, 0.29) is 5.69 Å². The van der Waals surface area contributed by atoms with Gasteiger partial charge in [-0.05, 0) is 18.6 Å². The van der Waals surface area contributed by atoms with Gasteiger partial charge in [0.1, 0.15) is 6.04 Å². The lowest BCUT2D eigenvalue weighted by atomic mass is 9.95. The van der Waals surface area contributed by atoms with Gasteiger partial charge in [-0.15, -0.1) is 5.10 Å². The fourth-order valence-electron chi connectivity index (χ4n) is 3.36. The van der Waals surface area contributed by atoms with Crippen molar-refractivity contribution in [3.05, 3.63) is 86.1 Å². The molecule has 9 nitrogen and oxygen atoms in total. The molecule has 3 N–H and O–H groups in total. The smallest absolute Gasteiger partial charge is 0.269 e. The zero-order valence-corrected chi connectivity index (χ0v) is 17.9. The van der Waals surface area contributed by atoms with Crippen molar-refractivity contribution < 1.29 is 9.72 Å². The second-order valence-electron chi connectivity index (χ2n) is 6.83. The Kier molecular flexibility index (Phi) is 5.66. The highest BCUT2D eigenvalue weighted by atomic mass is 35.5. The van der Waals surface area contributed by atoms with Gasteiger partial charge in [-0.3, -0.25) is 14.9 Å². The number of amides is 1. The first-order valence-corrected chi connectivity index (χ1v) is 10.6. The van der Waals surface area contributed by atoms with Gasteiger partial charge in [0.05, 0.1) is 10.5 Å². The molecule has 1 aliphatic rings. The second-order valence-corrected chi connectivity index (χ2v) is 8.18. The van der Waals surface area contributed by atoms with Crippen LogP contribution in [0.2, 0.25) is 5.02 Å². The third kappa shape index (κ3) is 4.12. The molecule has 11 heteroatoms. The van der Waals surface area contributed by atoms with Crippen LogP contribution in [0, 0.1) is 10.1 Å². The molecule has 0 bridgehead atoms. The zero-order valence-electron chi connectivity index (χ0n) is 16.3. The minimum Gasteiger partial charge on any atom is -0.366 e. The number of primary amides is 1. The number of rotatable bonds is 6. The van der Waals surface area contributed by atoms with Crippen molar-refractivity contribution >= 4 is 40.9 Å². The molecule has 31 heavy (non-hydrogen) atoms. The Morgan fingerprint density at radius 2 is 2.00 bits per heavy atom. The summed E-state index contributed by atoms with van der Waals surface area (Å²) in [7, 11) is 0. The van der Waals surface area contributed by atoms with Gasteiger partial charge in [0.2, 0.25) is 17.0 Å². The highest BCUT2D eigenvalue weighted by molar-refractivity contribution is 7.98. The number of nitro groups is 1. The number of nitro benzene ring substituents is 1. The number of non-ortho nitro benzene ring substituents is 1. The summed E-state index contributed by atoms with van der Waals surface area (Å²) in [6, 6.07) is 12.9. The molecule has 1 amide bonds. The van der Waals surface area contributed by atoms with Crippen LogP contribution in [0.4, 0.5) is 11.6 Å². The Labute approximate surface area is 186 Å². The molecule has 1 aliphatic heterocycles. The topological polar surface area (TPSA) is 129 Å². The predicted octanol–water partition coefficient (Wildman–Crippen LogP) is 3.91. The molecule has 0 saturated heterocycles. The number of fused-ring (bicyclic) bond motifs is 1. The molecular weight excluding hydrogens is 440 g/mol. The molecular formula is C20H17ClN6O3S. The van der Waals surface area contributed by atoms with Crippen molar-refractivity contribution in [3.63, 3.8) is 0 Å². The normalized spacial score (nSPS) is 15.4. The third-order valence-electron chi connectivity index (χ3n) is 4.81. The maximum atomic E-state index is 12.2. The van der Waals surface area contributed by atoms with Crippen molar-refractivity contribution in [2.45, 2.75) is 23.9 Å². The van der Waals surface area contributed by atoms with Crippen LogP contribution in [0.1, 0.15) is 24.1 Å². The van der Waals surface area contributed by atoms with Gasteiger partial charge < -0.3 is 11.1 Å². The van der Waals surface area contributed by atoms with Crippen LogP contribution in [0.25, 0.3) is 0 Å². The highest BCUT2D eigenvalue weighted by Gasteiger charge is 2.34. The largest absolute Gasteiger partial charge is 0.366 e. The van der Waals surface area contributed by atoms with Crippen molar-refractivity contribution in [2.24, 2.45) is 5.73 Å². The summed E-state index contributed by atoms with van der Waals surface area (Å²) in [5, 5.41) is 19.4. The molecule has 2 heterocycles. The summed E-state index contributed by atoms with van der Waals surface area (Å²) in [5.74, 6) is 0.419. The van der Waals surface area contributed by atoms with E-state index < -0.39 is 16.9 Å². The predicted molar refractivity (Wildman–Crippen MR) is 118 cm³/mol. The summed E-state index contributed by atoms with van der Waals surface area (Å²) in [4.78, 5) is 27.1. The van der Waals surface area contributed by atoms with E-state index in [0.29, 0.717) is 38.7 Å². The number of hydrogen-bond acceptors (Lipinski definition) is 7. The highest BCUT2D eigenvalue weighted by Crippen LogP contribution is 2.38. The first-order valence-electron chi connectivity index (χ1n) is 9.20. The maximum Gasteiger partial charge on any atom is 0.269 e. The molecule has 0 aliphatic carbocycles. The van der Waals surface area contributed by atoms with Crippen LogP contribution >= 0.6 is 23.4 Å². The molecule has 1 atom stereocenters. The van der Waals surface area contributed by atoms with E-state index >= 15 is 0 Å². The van der Waals surface area contributed by atoms with Gasteiger partial charge in [-0.1, -0.05) is 53.7 Å². The lowest BCUT2D eigenvalue weighted by molar-refractivity contribution is -0.384. The van der Waals surface area contributed by atoms with E-state index in [4.69, 9.17) is 17.3 Å². The van der Waals surface area contributed by atoms with E-state index in [0.717, 1.165) is 5.56 Å². The van der Waals surface area contributed by atoms with Gasteiger partial charge in [0, 0.05) is 34.2 Å². The molecule has 0 fully saturated rings. The van der Waals surface area contributed by atoms with E-state index in [2.05, 4.69) is 15.4 Å². The number of carbonyl (C=O) groups excluding carboxylic acids is 1. The molecule has 0 radical (unpaired) electrons. The molecule has 4 rings (SSSR count). The third-order valence-corrected chi connectivity index (χ3v) is 6.07. The number of nitrogens with zero attached hydrogens (tertiary/aromatic N) is 4. The van der Waals surface area contributed by atoms with Crippen LogP contribution in [-0.4, -0.2) is 25.6 Å². The number of nitrogens with one attached hydrogen (secondary N) is 1. The first-order chi connectivity index (χ1) is 14.8. The van der Waals surface area contributed by atoms with Crippen LogP contribution in [-0.2, 0) is 10.5 Å². The average molecular weight is 457 g/mol. The van der Waals surface area contributed by atoms with E-state index in [1.54, 1.807) is 35.9 Å². The van der Waals surface area contributed by atoms with Gasteiger partial charge in [0.25, 0.3) is 5.69 Å². The number of hydrogen-bond donors (Lipinski definition) is 2. The summed E-state index contributed by atoms with van der Waals surface area (Å²) in [6.45, 7) is 1.76. The molecule has 3 aromatic rings. The van der Waals surface area contributed by atoms with Crippen LogP contribution in [0.15, 0.2) is 65.0 Å². The Balaban J connectivity index is 1.64. The lowest BCUT2D eigenvalue weighted by Crippen LogP contribution is -2.32. The van der Waals surface area contributed by atoms with E-state index in [1.165, 1.54) is 23.9 Å². The molecule has 0 spiro atoms. The number of nitrogens with two attached hydrogens (primary N) is 1. The maximum absolute atomic E-state index is 12.2. The van der Waals surface area contributed by atoms with Gasteiger partial charge in [-0.2, -0.15) is 4.98 Å². The van der Waals surface area contributed by atoms with Crippen LogP contribution in [0.3, 0.4) is 0 Å². The van der Waals surface area contributed by atoms with Crippen molar-refractivity contribution in [1.82, 2.24) is 14.8 Å². The van der Waals surface area contributed by atoms with Crippen LogP contribution in [0.5, 0.6) is 0 Å². The van der Waals surface area contributed by atoms with Crippen molar-refractivity contribution in [2.75, 3.05) is 5.32 Å². The second kappa shape index (κ2) is 8.40. The fourth-order valence-corrected chi connectivity index (χ4v) is 4.38. The standard InChI is InChI=1S/C20H17ClN6O3S/c1-11-16(18(22)28)17(14-4-2-3-5-15(14)21)26-19(23-11)24-20(25-26)31-10-12-6-8-13(9-7-12)27(29)30/h2-9,17H,10H2,1H3,(H2,22,28)(H,23,24,25). The van der Waals surface area contributed by atoms with Gasteiger partial charge in [-0.25, -0.2) is 4.68 Å². The number of benzene rings is 2. The summed E-state index contributed by atoms with van der Waals surface area (Å²) < 4.78 is 1.60. The molecule has 0 saturated carbocycles. The Hall–Kier alpha value is -3.37. The quantitative estimate of drug-likeness (QED) is 0.327. The number of carbonyl (C=O) groups is 1.